The number of nitrogens with zero attached hydrogens (tertiary/aromatic N) is 4. The number of carbonyl (C=O) groups excluding carboxylic acids is 1. The van der Waals surface area contributed by atoms with E-state index in [4.69, 9.17) is 0 Å². The van der Waals surface area contributed by atoms with Crippen molar-refractivity contribution in [3.8, 4) is 0 Å². The van der Waals surface area contributed by atoms with Gasteiger partial charge in [-0.3, -0.25) is 9.48 Å². The van der Waals surface area contributed by atoms with Crippen LogP contribution in [-0.4, -0.2) is 83.0 Å². The summed E-state index contributed by atoms with van der Waals surface area (Å²) in [4.78, 5) is 17.6. The van der Waals surface area contributed by atoms with E-state index in [0.29, 0.717) is 5.92 Å². The highest BCUT2D eigenvalue weighted by molar-refractivity contribution is 5.85. The van der Waals surface area contributed by atoms with Crippen LogP contribution in [0.5, 0.6) is 0 Å². The van der Waals surface area contributed by atoms with Crippen LogP contribution in [0.4, 0.5) is 0 Å². The summed E-state index contributed by atoms with van der Waals surface area (Å²) < 4.78 is 1.87. The lowest BCUT2D eigenvalue weighted by Crippen LogP contribution is -2.55. The fraction of sp³-hybridized carbons (Fsp3) is 0.789. The van der Waals surface area contributed by atoms with Gasteiger partial charge in [0.05, 0.1) is 6.10 Å². The van der Waals surface area contributed by atoms with E-state index >= 15 is 0 Å². The quantitative estimate of drug-likeness (QED) is 0.705. The number of β-amino-alcohol motifs (C(OH)–C–C–N with tert-alkyl or cyclic N) is 1. The molecule has 1 amide bonds. The van der Waals surface area contributed by atoms with E-state index in [-0.39, 0.29) is 36.8 Å². The maximum Gasteiger partial charge on any atom is 0.250 e. The van der Waals surface area contributed by atoms with Gasteiger partial charge in [0.15, 0.2) is 0 Å². The molecule has 0 aliphatic carbocycles. The minimum Gasteiger partial charge on any atom is -0.392 e. The van der Waals surface area contributed by atoms with Crippen molar-refractivity contribution < 1.29 is 9.90 Å². The molecule has 0 aromatic carbocycles. The fourth-order valence-corrected chi connectivity index (χ4v) is 4.45. The second kappa shape index (κ2) is 11.4. The normalized spacial score (nSPS) is 21.2. The van der Waals surface area contributed by atoms with Gasteiger partial charge < -0.3 is 20.2 Å². The van der Waals surface area contributed by atoms with Crippen LogP contribution in [0.1, 0.15) is 32.6 Å². The predicted octanol–water partition coefficient (Wildman–Crippen LogP) is 1.36. The minimum atomic E-state index is -0.545. The Balaban J connectivity index is 0.00000196. The molecule has 2 aliphatic rings. The molecular weight excluding hydrogens is 401 g/mol. The van der Waals surface area contributed by atoms with Crippen molar-refractivity contribution in [2.75, 3.05) is 46.3 Å². The van der Waals surface area contributed by atoms with Crippen molar-refractivity contribution in [2.24, 2.45) is 5.92 Å². The third-order valence-corrected chi connectivity index (χ3v) is 5.88. The molecule has 3 heterocycles. The highest BCUT2D eigenvalue weighted by Gasteiger charge is 2.44. The Morgan fingerprint density at radius 1 is 1.32 bits per heavy atom. The van der Waals surface area contributed by atoms with Gasteiger partial charge in [-0.25, -0.2) is 0 Å². The Kier molecular flexibility index (Phi) is 10.2. The van der Waals surface area contributed by atoms with Crippen LogP contribution < -0.4 is 5.32 Å². The zero-order valence-electron chi connectivity index (χ0n) is 16.9. The highest BCUT2D eigenvalue weighted by Crippen LogP contribution is 2.30. The van der Waals surface area contributed by atoms with Crippen molar-refractivity contribution in [2.45, 2.75) is 44.2 Å². The fourth-order valence-electron chi connectivity index (χ4n) is 4.45. The molecule has 2 saturated heterocycles. The number of nitrogens with one attached hydrogen (secondary N) is 1. The average molecular weight is 436 g/mol. The Morgan fingerprint density at radius 2 is 1.96 bits per heavy atom. The van der Waals surface area contributed by atoms with Gasteiger partial charge in [-0.1, -0.05) is 0 Å². The lowest BCUT2D eigenvalue weighted by Gasteiger charge is -2.41. The van der Waals surface area contributed by atoms with Crippen LogP contribution in [0, 0.1) is 5.92 Å². The maximum absolute atomic E-state index is 13.4. The highest BCUT2D eigenvalue weighted by atomic mass is 35.5. The maximum atomic E-state index is 13.4. The van der Waals surface area contributed by atoms with Crippen LogP contribution >= 0.6 is 24.8 Å². The number of likely N-dealkylation sites (tertiary alicyclic amines) is 1. The van der Waals surface area contributed by atoms with E-state index in [9.17, 15) is 9.90 Å². The van der Waals surface area contributed by atoms with E-state index in [1.807, 2.05) is 35.8 Å². The largest absolute Gasteiger partial charge is 0.392 e. The number of hydrogen-bond acceptors (Lipinski definition) is 5. The molecule has 3 rings (SSSR count). The Morgan fingerprint density at radius 3 is 2.50 bits per heavy atom. The van der Waals surface area contributed by atoms with E-state index in [1.165, 1.54) is 0 Å². The van der Waals surface area contributed by atoms with Gasteiger partial charge in [-0.15, -0.1) is 24.8 Å². The van der Waals surface area contributed by atoms with Gasteiger partial charge in [0, 0.05) is 32.5 Å². The third-order valence-electron chi connectivity index (χ3n) is 5.88. The van der Waals surface area contributed by atoms with E-state index in [0.717, 1.165) is 65.0 Å². The molecule has 9 heteroatoms. The van der Waals surface area contributed by atoms with Gasteiger partial charge in [0.25, 0.3) is 0 Å². The Hall–Kier alpha value is -0.860. The Labute approximate surface area is 180 Å². The molecule has 28 heavy (non-hydrogen) atoms. The first-order valence-corrected chi connectivity index (χ1v) is 9.88. The van der Waals surface area contributed by atoms with Crippen LogP contribution in [0.15, 0.2) is 18.5 Å². The molecule has 162 valence electrons. The summed E-state index contributed by atoms with van der Waals surface area (Å²) in [6.07, 6.45) is 7.14. The summed E-state index contributed by atoms with van der Waals surface area (Å²) in [6, 6.07) is 1.90. The van der Waals surface area contributed by atoms with Gasteiger partial charge >= 0.3 is 0 Å². The molecule has 1 atom stereocenters. The molecule has 7 nitrogen and oxygen atoms in total. The zero-order chi connectivity index (χ0) is 18.6. The predicted molar refractivity (Wildman–Crippen MR) is 115 cm³/mol. The number of aliphatic hydroxyl groups is 1. The number of halogens is 2. The topological polar surface area (TPSA) is 73.6 Å². The van der Waals surface area contributed by atoms with Crippen molar-refractivity contribution in [1.82, 2.24) is 24.9 Å². The third kappa shape index (κ3) is 5.83. The first-order chi connectivity index (χ1) is 12.5. The molecule has 0 saturated carbocycles. The molecule has 2 N–H and O–H groups in total. The summed E-state index contributed by atoms with van der Waals surface area (Å²) in [6.45, 7) is 7.09. The minimum absolute atomic E-state index is 0. The second-order valence-corrected chi connectivity index (χ2v) is 8.01. The molecular formula is C19H35Cl2N5O2. The molecule has 1 aromatic heterocycles. The molecule has 1 aromatic rings. The van der Waals surface area contributed by atoms with E-state index < -0.39 is 5.54 Å². The van der Waals surface area contributed by atoms with Crippen LogP contribution in [-0.2, 0) is 10.3 Å². The van der Waals surface area contributed by atoms with Crippen molar-refractivity contribution in [3.05, 3.63) is 18.5 Å². The number of aromatic nitrogens is 2. The number of likely N-dealkylation sites (N-methyl/N-ethyl adjacent to an activating group) is 1. The van der Waals surface area contributed by atoms with Gasteiger partial charge in [-0.05, 0) is 70.8 Å². The lowest BCUT2D eigenvalue weighted by atomic mass is 9.86. The number of amides is 1. The molecule has 1 unspecified atom stereocenters. The monoisotopic (exact) mass is 435 g/mol. The van der Waals surface area contributed by atoms with Crippen LogP contribution in [0.3, 0.4) is 0 Å². The summed E-state index contributed by atoms with van der Waals surface area (Å²) in [7, 11) is 1.94. The van der Waals surface area contributed by atoms with Gasteiger partial charge in [-0.2, -0.15) is 5.10 Å². The van der Waals surface area contributed by atoms with Crippen LogP contribution in [0.25, 0.3) is 0 Å². The number of hydrogen-bond donors (Lipinski definition) is 2. The first-order valence-electron chi connectivity index (χ1n) is 9.88. The van der Waals surface area contributed by atoms with Crippen molar-refractivity contribution >= 4 is 30.7 Å². The molecule has 0 radical (unpaired) electrons. The number of piperidine rings is 2. The summed E-state index contributed by atoms with van der Waals surface area (Å²) in [5, 5.41) is 17.3. The first kappa shape index (κ1) is 25.2. The second-order valence-electron chi connectivity index (χ2n) is 8.01. The van der Waals surface area contributed by atoms with Gasteiger partial charge in [0.1, 0.15) is 5.54 Å². The number of rotatable bonds is 6. The summed E-state index contributed by atoms with van der Waals surface area (Å²) >= 11 is 0. The van der Waals surface area contributed by atoms with Crippen LogP contribution in [0.2, 0.25) is 0 Å². The summed E-state index contributed by atoms with van der Waals surface area (Å²) in [5.74, 6) is 0.722. The number of carbonyl (C=O) groups is 1. The number of aliphatic hydroxyl groups excluding tert-OH is 1. The molecule has 0 spiro atoms. The molecule has 0 bridgehead atoms. The lowest BCUT2D eigenvalue weighted by molar-refractivity contribution is -0.142. The summed E-state index contributed by atoms with van der Waals surface area (Å²) in [5.41, 5.74) is -0.545. The van der Waals surface area contributed by atoms with Gasteiger partial charge in [0.2, 0.25) is 5.91 Å². The van der Waals surface area contributed by atoms with Crippen molar-refractivity contribution in [1.29, 1.82) is 0 Å². The molecule has 2 fully saturated rings. The van der Waals surface area contributed by atoms with Crippen molar-refractivity contribution in [3.63, 3.8) is 0 Å². The SMILES string of the molecule is CC(O)CN1CCC(CN(C)C(=O)C2(n3cccn3)CCNCC2)CC1.Cl.Cl. The van der Waals surface area contributed by atoms with E-state index in [1.54, 1.807) is 6.20 Å². The average Bonchev–Trinajstić information content (AvgIpc) is 3.18. The van der Waals surface area contributed by atoms with E-state index in [2.05, 4.69) is 15.3 Å². The zero-order valence-corrected chi connectivity index (χ0v) is 18.6. The molecule has 2 aliphatic heterocycles. The smallest absolute Gasteiger partial charge is 0.250 e. The standard InChI is InChI=1S/C19H33N5O2.2ClH/c1-16(25)14-23-12-4-17(5-13-23)15-22(2)18(26)19(6-9-20-10-7-19)24-11-3-8-21-24;;/h3,8,11,16-17,20,25H,4-7,9-10,12-15H2,1-2H3;2*1H. The Bertz CT molecular complexity index is 571.